The van der Waals surface area contributed by atoms with Crippen LogP contribution in [-0.4, -0.2) is 11.2 Å². The van der Waals surface area contributed by atoms with E-state index in [2.05, 4.69) is 44.2 Å². The molecule has 0 aromatic heterocycles. The van der Waals surface area contributed by atoms with Gasteiger partial charge in [0.1, 0.15) is 0 Å². The van der Waals surface area contributed by atoms with E-state index < -0.39 is 0 Å². The molecule has 0 amide bonds. The average molecular weight is 218 g/mol. The molecule has 1 aliphatic rings. The Morgan fingerprint density at radius 1 is 1.06 bits per heavy atom. The molecule has 2 rings (SSSR count). The van der Waals surface area contributed by atoms with Gasteiger partial charge in [0.25, 0.3) is 0 Å². The van der Waals surface area contributed by atoms with Gasteiger partial charge in [-0.05, 0) is 29.7 Å². The van der Waals surface area contributed by atoms with Gasteiger partial charge < -0.3 is 5.11 Å². The Morgan fingerprint density at radius 3 is 2.31 bits per heavy atom. The molecule has 1 saturated carbocycles. The highest BCUT2D eigenvalue weighted by atomic mass is 16.3. The highest BCUT2D eigenvalue weighted by molar-refractivity contribution is 5.25. The number of benzene rings is 1. The second-order valence-electron chi connectivity index (χ2n) is 5.55. The van der Waals surface area contributed by atoms with E-state index in [0.717, 1.165) is 12.8 Å². The van der Waals surface area contributed by atoms with Gasteiger partial charge in [-0.2, -0.15) is 0 Å². The maximum absolute atomic E-state index is 10.2. The van der Waals surface area contributed by atoms with Crippen molar-refractivity contribution in [2.24, 2.45) is 5.92 Å². The summed E-state index contributed by atoms with van der Waals surface area (Å²) >= 11 is 0. The van der Waals surface area contributed by atoms with Crippen molar-refractivity contribution in [1.82, 2.24) is 0 Å². The summed E-state index contributed by atoms with van der Waals surface area (Å²) in [5.74, 6) is 0.406. The van der Waals surface area contributed by atoms with Crippen molar-refractivity contribution in [3.8, 4) is 0 Å². The molecule has 0 saturated heterocycles. The van der Waals surface area contributed by atoms with Crippen LogP contribution in [0.3, 0.4) is 0 Å². The first kappa shape index (κ1) is 11.7. The Kier molecular flexibility index (Phi) is 3.34. The zero-order valence-electron chi connectivity index (χ0n) is 10.3. The minimum atomic E-state index is -0.121. The molecule has 1 aromatic carbocycles. The number of hydrogen-bond acceptors (Lipinski definition) is 1. The minimum absolute atomic E-state index is 0.0844. The van der Waals surface area contributed by atoms with Crippen LogP contribution in [0, 0.1) is 5.92 Å². The molecule has 0 aliphatic heterocycles. The summed E-state index contributed by atoms with van der Waals surface area (Å²) in [5.41, 5.74) is 1.43. The lowest BCUT2D eigenvalue weighted by atomic mass is 9.66. The molecule has 16 heavy (non-hydrogen) atoms. The minimum Gasteiger partial charge on any atom is -0.393 e. The highest BCUT2D eigenvalue weighted by Gasteiger charge is 2.37. The van der Waals surface area contributed by atoms with Crippen molar-refractivity contribution in [2.75, 3.05) is 0 Å². The van der Waals surface area contributed by atoms with Crippen LogP contribution in [0.15, 0.2) is 30.3 Å². The fraction of sp³-hybridized carbons (Fsp3) is 0.600. The standard InChI is InChI=1S/C15H22O/c1-15(2,12-8-4-3-5-9-12)13-10-6-7-11-14(13)16/h3-5,8-9,13-14,16H,6-7,10-11H2,1-2H3/t13-,14-/m1/s1. The fourth-order valence-corrected chi connectivity index (χ4v) is 3.03. The predicted octanol–water partition coefficient (Wildman–Crippen LogP) is 3.52. The number of rotatable bonds is 2. The first-order chi connectivity index (χ1) is 7.62. The van der Waals surface area contributed by atoms with Gasteiger partial charge >= 0.3 is 0 Å². The van der Waals surface area contributed by atoms with Crippen molar-refractivity contribution >= 4 is 0 Å². The maximum atomic E-state index is 10.2. The molecule has 1 aliphatic carbocycles. The molecule has 1 aromatic rings. The molecule has 1 N–H and O–H groups in total. The second-order valence-corrected chi connectivity index (χ2v) is 5.55. The van der Waals surface area contributed by atoms with Crippen LogP contribution in [0.1, 0.15) is 45.1 Å². The van der Waals surface area contributed by atoms with Gasteiger partial charge in [-0.25, -0.2) is 0 Å². The topological polar surface area (TPSA) is 20.2 Å². The predicted molar refractivity (Wildman–Crippen MR) is 67.4 cm³/mol. The quantitative estimate of drug-likeness (QED) is 0.805. The largest absolute Gasteiger partial charge is 0.393 e. The third-order valence-electron chi connectivity index (χ3n) is 4.17. The molecule has 1 nitrogen and oxygen atoms in total. The summed E-state index contributed by atoms with van der Waals surface area (Å²) in [6.07, 6.45) is 4.45. The van der Waals surface area contributed by atoms with E-state index in [1.807, 2.05) is 0 Å². The zero-order chi connectivity index (χ0) is 11.6. The molecule has 0 radical (unpaired) electrons. The SMILES string of the molecule is CC(C)(c1ccccc1)[C@@H]1CCCC[C@H]1O. The fourth-order valence-electron chi connectivity index (χ4n) is 3.03. The Hall–Kier alpha value is -0.820. The number of aliphatic hydroxyl groups is 1. The van der Waals surface area contributed by atoms with E-state index in [9.17, 15) is 5.11 Å². The zero-order valence-corrected chi connectivity index (χ0v) is 10.3. The van der Waals surface area contributed by atoms with Crippen LogP contribution in [0.5, 0.6) is 0 Å². The van der Waals surface area contributed by atoms with Crippen molar-refractivity contribution in [3.05, 3.63) is 35.9 Å². The van der Waals surface area contributed by atoms with Crippen LogP contribution in [0.25, 0.3) is 0 Å². The van der Waals surface area contributed by atoms with Crippen LogP contribution in [0.4, 0.5) is 0 Å². The molecule has 0 bridgehead atoms. The van der Waals surface area contributed by atoms with E-state index in [1.54, 1.807) is 0 Å². The first-order valence-corrected chi connectivity index (χ1v) is 6.36. The molecule has 1 fully saturated rings. The van der Waals surface area contributed by atoms with Gasteiger partial charge in [0.05, 0.1) is 6.10 Å². The van der Waals surface area contributed by atoms with E-state index in [1.165, 1.54) is 18.4 Å². The third-order valence-corrected chi connectivity index (χ3v) is 4.17. The third kappa shape index (κ3) is 2.15. The van der Waals surface area contributed by atoms with Crippen molar-refractivity contribution in [1.29, 1.82) is 0 Å². The Labute approximate surface area is 98.5 Å². The molecule has 0 unspecified atom stereocenters. The summed E-state index contributed by atoms with van der Waals surface area (Å²) in [4.78, 5) is 0. The van der Waals surface area contributed by atoms with Crippen molar-refractivity contribution in [2.45, 2.75) is 51.0 Å². The normalized spacial score (nSPS) is 26.7. The van der Waals surface area contributed by atoms with Crippen LogP contribution in [-0.2, 0) is 5.41 Å². The van der Waals surface area contributed by atoms with Gasteiger partial charge in [0, 0.05) is 0 Å². The maximum Gasteiger partial charge on any atom is 0.0576 e. The van der Waals surface area contributed by atoms with Gasteiger partial charge in [-0.1, -0.05) is 57.0 Å². The van der Waals surface area contributed by atoms with Gasteiger partial charge in [-0.3, -0.25) is 0 Å². The summed E-state index contributed by atoms with van der Waals surface area (Å²) in [7, 11) is 0. The molecule has 0 spiro atoms. The first-order valence-electron chi connectivity index (χ1n) is 6.36. The van der Waals surface area contributed by atoms with Crippen LogP contribution in [0.2, 0.25) is 0 Å². The van der Waals surface area contributed by atoms with Crippen molar-refractivity contribution < 1.29 is 5.11 Å². The number of hydrogen-bond donors (Lipinski definition) is 1. The van der Waals surface area contributed by atoms with Crippen molar-refractivity contribution in [3.63, 3.8) is 0 Å². The van der Waals surface area contributed by atoms with Gasteiger partial charge in [0.15, 0.2) is 0 Å². The summed E-state index contributed by atoms with van der Waals surface area (Å²) in [6, 6.07) is 10.6. The van der Waals surface area contributed by atoms with Gasteiger partial charge in [-0.15, -0.1) is 0 Å². The average Bonchev–Trinajstić information content (AvgIpc) is 2.30. The van der Waals surface area contributed by atoms with Crippen LogP contribution < -0.4 is 0 Å². The number of aliphatic hydroxyl groups excluding tert-OH is 1. The molecular formula is C15H22O. The molecule has 1 heteroatoms. The molecular weight excluding hydrogens is 196 g/mol. The highest BCUT2D eigenvalue weighted by Crippen LogP contribution is 2.40. The lowest BCUT2D eigenvalue weighted by Gasteiger charge is -2.40. The summed E-state index contributed by atoms with van der Waals surface area (Å²) in [6.45, 7) is 4.53. The van der Waals surface area contributed by atoms with Gasteiger partial charge in [0.2, 0.25) is 0 Å². The summed E-state index contributed by atoms with van der Waals surface area (Å²) in [5, 5.41) is 10.2. The Bertz CT molecular complexity index is 329. The van der Waals surface area contributed by atoms with E-state index in [0.29, 0.717) is 5.92 Å². The monoisotopic (exact) mass is 218 g/mol. The smallest absolute Gasteiger partial charge is 0.0576 e. The molecule has 88 valence electrons. The van der Waals surface area contributed by atoms with E-state index in [4.69, 9.17) is 0 Å². The summed E-state index contributed by atoms with van der Waals surface area (Å²) < 4.78 is 0. The second kappa shape index (κ2) is 4.58. The Morgan fingerprint density at radius 2 is 1.69 bits per heavy atom. The van der Waals surface area contributed by atoms with E-state index in [-0.39, 0.29) is 11.5 Å². The lowest BCUT2D eigenvalue weighted by molar-refractivity contribution is 0.0322. The van der Waals surface area contributed by atoms with E-state index >= 15 is 0 Å². The lowest BCUT2D eigenvalue weighted by Crippen LogP contribution is -2.39. The molecule has 2 atom stereocenters. The Balaban J connectivity index is 2.23. The van der Waals surface area contributed by atoms with Crippen LogP contribution >= 0.6 is 0 Å². The molecule has 0 heterocycles.